The van der Waals surface area contributed by atoms with Crippen molar-refractivity contribution < 1.29 is 23.1 Å². The number of aromatic amines is 1. The molecule has 7 heteroatoms. The fourth-order valence-corrected chi connectivity index (χ4v) is 3.13. The van der Waals surface area contributed by atoms with Crippen LogP contribution in [-0.2, 0) is 4.74 Å². The summed E-state index contributed by atoms with van der Waals surface area (Å²) in [7, 11) is 1.28. The fourth-order valence-electron chi connectivity index (χ4n) is 3.13. The second-order valence-electron chi connectivity index (χ2n) is 6.20. The summed E-state index contributed by atoms with van der Waals surface area (Å²) in [5, 5.41) is 2.82. The number of nitrogens with one attached hydrogen (secondary N) is 2. The number of ether oxygens (including phenoxy) is 1. The third-order valence-corrected chi connectivity index (χ3v) is 4.52. The summed E-state index contributed by atoms with van der Waals surface area (Å²) in [6, 6.07) is 3.22. The molecule has 2 atom stereocenters. The number of hydrogen-bond acceptors (Lipinski definition) is 3. The quantitative estimate of drug-likeness (QED) is 0.835. The molecule has 0 saturated heterocycles. The van der Waals surface area contributed by atoms with E-state index in [0.717, 1.165) is 6.07 Å². The van der Waals surface area contributed by atoms with E-state index in [1.54, 1.807) is 13.8 Å². The SMILES string of the molecule is COC(=O)c1c(C)[nH]c(C(=O)NC2CC2c2ccc(F)cc2F)c1C. The van der Waals surface area contributed by atoms with Crippen molar-refractivity contribution >= 4 is 11.9 Å². The minimum absolute atomic E-state index is 0.180. The van der Waals surface area contributed by atoms with Crippen LogP contribution in [0.4, 0.5) is 8.78 Å². The van der Waals surface area contributed by atoms with Crippen molar-refractivity contribution in [2.75, 3.05) is 7.11 Å². The lowest BCUT2D eigenvalue weighted by molar-refractivity contribution is 0.0599. The van der Waals surface area contributed by atoms with Crippen LogP contribution in [0.15, 0.2) is 18.2 Å². The Bertz CT molecular complexity index is 860. The fraction of sp³-hybridized carbons (Fsp3) is 0.333. The second-order valence-corrected chi connectivity index (χ2v) is 6.20. The Balaban J connectivity index is 1.73. The van der Waals surface area contributed by atoms with Crippen LogP contribution in [-0.4, -0.2) is 30.0 Å². The first-order valence-electron chi connectivity index (χ1n) is 7.86. The number of rotatable bonds is 4. The summed E-state index contributed by atoms with van der Waals surface area (Å²) in [5.74, 6) is -2.30. The number of methoxy groups -OCH3 is 1. The molecule has 2 aromatic rings. The van der Waals surface area contributed by atoms with E-state index in [9.17, 15) is 18.4 Å². The predicted molar refractivity (Wildman–Crippen MR) is 86.6 cm³/mol. The van der Waals surface area contributed by atoms with Crippen LogP contribution < -0.4 is 5.32 Å². The molecular formula is C18H18F2N2O3. The van der Waals surface area contributed by atoms with E-state index in [4.69, 9.17) is 4.74 Å². The largest absolute Gasteiger partial charge is 0.465 e. The van der Waals surface area contributed by atoms with Crippen molar-refractivity contribution in [1.29, 1.82) is 0 Å². The van der Waals surface area contributed by atoms with Crippen molar-refractivity contribution in [1.82, 2.24) is 10.3 Å². The number of carbonyl (C=O) groups excluding carboxylic acids is 2. The molecule has 0 aliphatic heterocycles. The standard InChI is InChI=1S/C18H18F2N2O3/c1-8-15(18(24)25-3)9(2)21-16(8)17(23)22-14-7-12(14)11-5-4-10(19)6-13(11)20/h4-6,12,14,21H,7H2,1-3H3,(H,22,23). The van der Waals surface area contributed by atoms with E-state index in [1.165, 1.54) is 19.2 Å². The smallest absolute Gasteiger partial charge is 0.339 e. The molecule has 2 N–H and O–H groups in total. The molecule has 1 aromatic heterocycles. The first-order valence-corrected chi connectivity index (χ1v) is 7.86. The molecule has 0 radical (unpaired) electrons. The zero-order chi connectivity index (χ0) is 18.3. The molecule has 132 valence electrons. The molecule has 2 unspecified atom stereocenters. The lowest BCUT2D eigenvalue weighted by atomic mass is 10.1. The number of amides is 1. The van der Waals surface area contributed by atoms with Gasteiger partial charge in [0.15, 0.2) is 0 Å². The zero-order valence-electron chi connectivity index (χ0n) is 14.1. The van der Waals surface area contributed by atoms with Crippen molar-refractivity contribution in [2.24, 2.45) is 0 Å². The average Bonchev–Trinajstić information content (AvgIpc) is 3.23. The Hall–Kier alpha value is -2.70. The van der Waals surface area contributed by atoms with Gasteiger partial charge in [-0.15, -0.1) is 0 Å². The highest BCUT2D eigenvalue weighted by atomic mass is 19.1. The van der Waals surface area contributed by atoms with Crippen LogP contribution >= 0.6 is 0 Å². The Kier molecular flexibility index (Phi) is 4.32. The summed E-state index contributed by atoms with van der Waals surface area (Å²) in [5.41, 5.74) is 2.06. The minimum atomic E-state index is -0.629. The molecule has 1 fully saturated rings. The van der Waals surface area contributed by atoms with E-state index >= 15 is 0 Å². The van der Waals surface area contributed by atoms with Gasteiger partial charge in [0.05, 0.1) is 12.7 Å². The highest BCUT2D eigenvalue weighted by Crippen LogP contribution is 2.42. The number of aryl methyl sites for hydroxylation is 1. The van der Waals surface area contributed by atoms with Gasteiger partial charge in [0, 0.05) is 23.7 Å². The van der Waals surface area contributed by atoms with Gasteiger partial charge in [0.2, 0.25) is 0 Å². The summed E-state index contributed by atoms with van der Waals surface area (Å²) < 4.78 is 31.5. The van der Waals surface area contributed by atoms with Gasteiger partial charge in [0.25, 0.3) is 5.91 Å². The van der Waals surface area contributed by atoms with Gasteiger partial charge in [0.1, 0.15) is 17.3 Å². The Morgan fingerprint density at radius 1 is 1.28 bits per heavy atom. The number of benzene rings is 1. The van der Waals surface area contributed by atoms with Gasteiger partial charge < -0.3 is 15.0 Å². The van der Waals surface area contributed by atoms with Gasteiger partial charge in [-0.3, -0.25) is 4.79 Å². The maximum Gasteiger partial charge on any atom is 0.339 e. The van der Waals surface area contributed by atoms with E-state index in [0.29, 0.717) is 28.8 Å². The van der Waals surface area contributed by atoms with Crippen LogP contribution in [0.2, 0.25) is 0 Å². The van der Waals surface area contributed by atoms with E-state index in [2.05, 4.69) is 10.3 Å². The van der Waals surface area contributed by atoms with Crippen molar-refractivity contribution in [3.63, 3.8) is 0 Å². The van der Waals surface area contributed by atoms with E-state index in [-0.39, 0.29) is 23.6 Å². The highest BCUT2D eigenvalue weighted by Gasteiger charge is 2.41. The molecule has 1 heterocycles. The van der Waals surface area contributed by atoms with Gasteiger partial charge in [-0.05, 0) is 37.5 Å². The van der Waals surface area contributed by atoms with E-state index < -0.39 is 17.6 Å². The monoisotopic (exact) mass is 348 g/mol. The number of carbonyl (C=O) groups is 2. The molecule has 1 aliphatic carbocycles. The number of aromatic nitrogens is 1. The Morgan fingerprint density at radius 2 is 2.00 bits per heavy atom. The average molecular weight is 348 g/mol. The summed E-state index contributed by atoms with van der Waals surface area (Å²) in [6.07, 6.45) is 0.580. The van der Waals surface area contributed by atoms with Crippen LogP contribution in [0.5, 0.6) is 0 Å². The number of H-pyrrole nitrogens is 1. The summed E-state index contributed by atoms with van der Waals surface area (Å²) >= 11 is 0. The molecule has 1 saturated carbocycles. The maximum absolute atomic E-state index is 13.8. The minimum Gasteiger partial charge on any atom is -0.465 e. The number of halogens is 2. The lowest BCUT2D eigenvalue weighted by Crippen LogP contribution is -2.27. The second kappa shape index (κ2) is 6.31. The summed E-state index contributed by atoms with van der Waals surface area (Å²) in [4.78, 5) is 27.1. The molecule has 1 aliphatic rings. The van der Waals surface area contributed by atoms with Crippen LogP contribution in [0.25, 0.3) is 0 Å². The molecule has 5 nitrogen and oxygen atoms in total. The van der Waals surface area contributed by atoms with Gasteiger partial charge >= 0.3 is 5.97 Å². The maximum atomic E-state index is 13.8. The van der Waals surface area contributed by atoms with E-state index in [1.807, 2.05) is 0 Å². The van der Waals surface area contributed by atoms with Crippen molar-refractivity contribution in [3.05, 3.63) is 57.9 Å². The normalized spacial score (nSPS) is 18.8. The number of hydrogen-bond donors (Lipinski definition) is 2. The number of esters is 1. The van der Waals surface area contributed by atoms with Crippen LogP contribution in [0, 0.1) is 25.5 Å². The van der Waals surface area contributed by atoms with Gasteiger partial charge in [-0.25, -0.2) is 13.6 Å². The molecule has 0 spiro atoms. The highest BCUT2D eigenvalue weighted by molar-refractivity contribution is 6.00. The van der Waals surface area contributed by atoms with Gasteiger partial charge in [-0.2, -0.15) is 0 Å². The predicted octanol–water partition coefficient (Wildman–Crippen LogP) is 2.98. The zero-order valence-corrected chi connectivity index (χ0v) is 14.1. The van der Waals surface area contributed by atoms with Crippen molar-refractivity contribution in [3.8, 4) is 0 Å². The van der Waals surface area contributed by atoms with Crippen LogP contribution in [0.3, 0.4) is 0 Å². The molecule has 3 rings (SSSR count). The third-order valence-electron chi connectivity index (χ3n) is 4.52. The molecule has 1 amide bonds. The first kappa shape index (κ1) is 17.1. The third kappa shape index (κ3) is 3.14. The van der Waals surface area contributed by atoms with Gasteiger partial charge in [-0.1, -0.05) is 6.07 Å². The molecule has 1 aromatic carbocycles. The lowest BCUT2D eigenvalue weighted by Gasteiger charge is -2.06. The Labute approximate surface area is 143 Å². The topological polar surface area (TPSA) is 71.2 Å². The molecular weight excluding hydrogens is 330 g/mol. The Morgan fingerprint density at radius 3 is 2.64 bits per heavy atom. The summed E-state index contributed by atoms with van der Waals surface area (Å²) in [6.45, 7) is 3.35. The molecule has 0 bridgehead atoms. The van der Waals surface area contributed by atoms with Crippen LogP contribution in [0.1, 0.15) is 50.0 Å². The van der Waals surface area contributed by atoms with Crippen molar-refractivity contribution in [2.45, 2.75) is 32.2 Å². The molecule has 25 heavy (non-hydrogen) atoms. The first-order chi connectivity index (χ1) is 11.8.